The molecule has 3 nitrogen and oxygen atoms in total. The van der Waals surface area contributed by atoms with Crippen LogP contribution in [0.4, 0.5) is 0 Å². The van der Waals surface area contributed by atoms with E-state index in [4.69, 9.17) is 14.9 Å². The van der Waals surface area contributed by atoms with Gasteiger partial charge in [-0.1, -0.05) is 0 Å². The summed E-state index contributed by atoms with van der Waals surface area (Å²) in [5, 5.41) is 0. The Morgan fingerprint density at radius 2 is 2.29 bits per heavy atom. The molecular formula is C10H14BrNO2. The van der Waals surface area contributed by atoms with E-state index in [-0.39, 0.29) is 12.2 Å². The van der Waals surface area contributed by atoms with E-state index in [0.717, 1.165) is 29.7 Å². The second kappa shape index (κ2) is 4.47. The van der Waals surface area contributed by atoms with Crippen LogP contribution in [-0.2, 0) is 4.74 Å². The lowest BCUT2D eigenvalue weighted by atomic mass is 10.0. The number of nitrogens with two attached hydrogens (primary N) is 1. The molecule has 0 amide bonds. The largest absolute Gasteiger partial charge is 0.452 e. The van der Waals surface area contributed by atoms with Crippen LogP contribution in [0.15, 0.2) is 21.2 Å². The van der Waals surface area contributed by atoms with Crippen LogP contribution >= 0.6 is 15.9 Å². The van der Waals surface area contributed by atoms with Gasteiger partial charge in [-0.2, -0.15) is 0 Å². The summed E-state index contributed by atoms with van der Waals surface area (Å²) >= 11 is 3.28. The van der Waals surface area contributed by atoms with Crippen molar-refractivity contribution in [1.82, 2.24) is 0 Å². The standard InChI is InChI=1S/C10H14BrNO2/c11-10-5-4-9(14-10)8-3-1-2-7(6-12)13-8/h4-5,7-8H,1-3,6,12H2. The molecule has 0 radical (unpaired) electrons. The molecule has 1 aromatic rings. The molecule has 2 N–H and O–H groups in total. The summed E-state index contributed by atoms with van der Waals surface area (Å²) in [6.45, 7) is 0.596. The Kier molecular flexibility index (Phi) is 3.26. The van der Waals surface area contributed by atoms with Crippen LogP contribution in [0.3, 0.4) is 0 Å². The SMILES string of the molecule is NCC1CCCC(c2ccc(Br)o2)O1. The maximum absolute atomic E-state index is 5.80. The molecule has 14 heavy (non-hydrogen) atoms. The summed E-state index contributed by atoms with van der Waals surface area (Å²) < 4.78 is 12.0. The molecular weight excluding hydrogens is 246 g/mol. The minimum Gasteiger partial charge on any atom is -0.452 e. The first-order chi connectivity index (χ1) is 6.79. The zero-order valence-corrected chi connectivity index (χ0v) is 9.50. The minimum absolute atomic E-state index is 0.0867. The third kappa shape index (κ3) is 2.19. The molecule has 0 bridgehead atoms. The lowest BCUT2D eigenvalue weighted by Gasteiger charge is -2.27. The molecule has 2 heterocycles. The maximum Gasteiger partial charge on any atom is 0.169 e. The molecule has 0 aliphatic carbocycles. The van der Waals surface area contributed by atoms with Gasteiger partial charge in [0.2, 0.25) is 0 Å². The Hall–Kier alpha value is -0.320. The molecule has 1 saturated heterocycles. The summed E-state index contributed by atoms with van der Waals surface area (Å²) in [5.74, 6) is 0.898. The van der Waals surface area contributed by atoms with Gasteiger partial charge in [-0.25, -0.2) is 0 Å². The Bertz CT molecular complexity index is 300. The molecule has 2 rings (SSSR count). The van der Waals surface area contributed by atoms with Gasteiger partial charge in [-0.05, 0) is 47.3 Å². The van der Waals surface area contributed by atoms with Crippen LogP contribution in [0.5, 0.6) is 0 Å². The molecule has 1 aliphatic rings. The van der Waals surface area contributed by atoms with Crippen molar-refractivity contribution in [3.63, 3.8) is 0 Å². The Morgan fingerprint density at radius 3 is 2.93 bits per heavy atom. The number of hydrogen-bond acceptors (Lipinski definition) is 3. The Morgan fingerprint density at radius 1 is 1.43 bits per heavy atom. The van der Waals surface area contributed by atoms with Crippen molar-refractivity contribution in [3.8, 4) is 0 Å². The first-order valence-corrected chi connectivity index (χ1v) is 5.69. The van der Waals surface area contributed by atoms with Gasteiger partial charge in [0.05, 0.1) is 6.10 Å². The predicted octanol–water partition coefficient (Wildman–Crippen LogP) is 2.61. The van der Waals surface area contributed by atoms with Gasteiger partial charge < -0.3 is 14.9 Å². The highest BCUT2D eigenvalue weighted by Crippen LogP contribution is 2.32. The first kappa shape index (κ1) is 10.2. The minimum atomic E-state index is 0.0867. The van der Waals surface area contributed by atoms with Crippen LogP contribution in [0.1, 0.15) is 31.1 Å². The van der Waals surface area contributed by atoms with E-state index >= 15 is 0 Å². The number of furan rings is 1. The number of halogens is 1. The Balaban J connectivity index is 2.04. The molecule has 2 atom stereocenters. The average molecular weight is 260 g/mol. The van der Waals surface area contributed by atoms with Crippen LogP contribution in [0, 0.1) is 0 Å². The lowest BCUT2D eigenvalue weighted by molar-refractivity contribution is -0.0561. The van der Waals surface area contributed by atoms with E-state index in [2.05, 4.69) is 15.9 Å². The normalized spacial score (nSPS) is 27.9. The van der Waals surface area contributed by atoms with Gasteiger partial charge in [0.25, 0.3) is 0 Å². The molecule has 78 valence electrons. The van der Waals surface area contributed by atoms with E-state index in [1.54, 1.807) is 0 Å². The van der Waals surface area contributed by atoms with Crippen molar-refractivity contribution in [2.24, 2.45) is 5.73 Å². The van der Waals surface area contributed by atoms with Crippen molar-refractivity contribution in [2.75, 3.05) is 6.54 Å². The quantitative estimate of drug-likeness (QED) is 0.889. The molecule has 1 fully saturated rings. The zero-order chi connectivity index (χ0) is 9.97. The van der Waals surface area contributed by atoms with E-state index in [9.17, 15) is 0 Å². The predicted molar refractivity (Wildman–Crippen MR) is 56.9 cm³/mol. The van der Waals surface area contributed by atoms with E-state index in [0.29, 0.717) is 6.54 Å². The smallest absolute Gasteiger partial charge is 0.169 e. The first-order valence-electron chi connectivity index (χ1n) is 4.90. The van der Waals surface area contributed by atoms with Crippen LogP contribution in [0.25, 0.3) is 0 Å². The molecule has 0 saturated carbocycles. The van der Waals surface area contributed by atoms with Gasteiger partial charge in [0.15, 0.2) is 4.67 Å². The summed E-state index contributed by atoms with van der Waals surface area (Å²) in [6, 6.07) is 3.85. The fourth-order valence-electron chi connectivity index (χ4n) is 1.78. The summed E-state index contributed by atoms with van der Waals surface area (Å²) in [6.07, 6.45) is 3.53. The lowest BCUT2D eigenvalue weighted by Crippen LogP contribution is -2.29. The third-order valence-electron chi connectivity index (χ3n) is 2.52. The molecule has 0 aromatic carbocycles. The van der Waals surface area contributed by atoms with Crippen molar-refractivity contribution < 1.29 is 9.15 Å². The van der Waals surface area contributed by atoms with Crippen molar-refractivity contribution in [2.45, 2.75) is 31.5 Å². The number of rotatable bonds is 2. The highest BCUT2D eigenvalue weighted by molar-refractivity contribution is 9.10. The fourth-order valence-corrected chi connectivity index (χ4v) is 2.10. The van der Waals surface area contributed by atoms with Gasteiger partial charge in [-0.3, -0.25) is 0 Å². The molecule has 0 spiro atoms. The fraction of sp³-hybridized carbons (Fsp3) is 0.600. The van der Waals surface area contributed by atoms with Crippen molar-refractivity contribution in [1.29, 1.82) is 0 Å². The van der Waals surface area contributed by atoms with Gasteiger partial charge in [0.1, 0.15) is 11.9 Å². The second-order valence-electron chi connectivity index (χ2n) is 3.56. The van der Waals surface area contributed by atoms with Crippen molar-refractivity contribution in [3.05, 3.63) is 22.6 Å². The van der Waals surface area contributed by atoms with E-state index in [1.807, 2.05) is 12.1 Å². The average Bonchev–Trinajstić information content (AvgIpc) is 2.65. The number of hydrogen-bond donors (Lipinski definition) is 1. The topological polar surface area (TPSA) is 48.4 Å². The molecule has 1 aromatic heterocycles. The summed E-state index contributed by atoms with van der Waals surface area (Å²) in [7, 11) is 0. The second-order valence-corrected chi connectivity index (χ2v) is 4.34. The third-order valence-corrected chi connectivity index (χ3v) is 2.95. The molecule has 2 unspecified atom stereocenters. The van der Waals surface area contributed by atoms with Gasteiger partial charge in [0, 0.05) is 6.54 Å². The monoisotopic (exact) mass is 259 g/mol. The van der Waals surface area contributed by atoms with Gasteiger partial charge in [-0.15, -0.1) is 0 Å². The van der Waals surface area contributed by atoms with Crippen LogP contribution < -0.4 is 5.73 Å². The number of ether oxygens (including phenoxy) is 1. The van der Waals surface area contributed by atoms with Gasteiger partial charge >= 0.3 is 0 Å². The summed E-state index contributed by atoms with van der Waals surface area (Å²) in [4.78, 5) is 0. The van der Waals surface area contributed by atoms with Crippen molar-refractivity contribution >= 4 is 15.9 Å². The maximum atomic E-state index is 5.80. The Labute approximate surface area is 91.7 Å². The van der Waals surface area contributed by atoms with E-state index in [1.165, 1.54) is 0 Å². The van der Waals surface area contributed by atoms with Crippen LogP contribution in [0.2, 0.25) is 0 Å². The molecule has 4 heteroatoms. The zero-order valence-electron chi connectivity index (χ0n) is 7.91. The van der Waals surface area contributed by atoms with Crippen LogP contribution in [-0.4, -0.2) is 12.6 Å². The highest BCUT2D eigenvalue weighted by Gasteiger charge is 2.24. The van der Waals surface area contributed by atoms with E-state index < -0.39 is 0 Å². The highest BCUT2D eigenvalue weighted by atomic mass is 79.9. The molecule has 1 aliphatic heterocycles. The summed E-state index contributed by atoms with van der Waals surface area (Å²) in [5.41, 5.74) is 5.58.